The third kappa shape index (κ3) is 18.1. The van der Waals surface area contributed by atoms with Crippen LogP contribution in [0.3, 0.4) is 0 Å². The van der Waals surface area contributed by atoms with Gasteiger partial charge in [-0.15, -0.1) is 0 Å². The molecule has 0 bridgehead atoms. The van der Waals surface area contributed by atoms with Gasteiger partial charge in [-0.3, -0.25) is 9.59 Å². The van der Waals surface area contributed by atoms with E-state index in [1.165, 1.54) is 6.92 Å². The molecule has 9 saturated heterocycles. The van der Waals surface area contributed by atoms with E-state index in [1.54, 1.807) is 0 Å². The lowest BCUT2D eigenvalue weighted by Crippen LogP contribution is -2.68. The first-order chi connectivity index (χ1) is 46.7. The number of aliphatic hydroxyl groups excluding tert-OH is 23. The molecule has 0 radical (unpaired) electrons. The molecule has 9 aliphatic rings. The van der Waals surface area contributed by atoms with Gasteiger partial charge in [0, 0.05) is 13.8 Å². The summed E-state index contributed by atoms with van der Waals surface area (Å²) in [4.78, 5) is 24.5. The minimum atomic E-state index is -2.45. The molecule has 0 amide bonds. The number of hydrogen-bond donors (Lipinski definition) is 23. The van der Waals surface area contributed by atoms with Crippen molar-refractivity contribution < 1.29 is 217 Å². The van der Waals surface area contributed by atoms with E-state index in [-0.39, 0.29) is 0 Å². The zero-order valence-corrected chi connectivity index (χ0v) is 52.8. The van der Waals surface area contributed by atoms with Crippen molar-refractivity contribution in [3.05, 3.63) is 0 Å². The maximum absolute atomic E-state index is 12.4. The summed E-state index contributed by atoms with van der Waals surface area (Å²) in [5.74, 6) is -1.93. The van der Waals surface area contributed by atoms with Gasteiger partial charge < -0.3 is 207 Å². The molecule has 0 saturated carbocycles. The molecular weight excluding hydrogens is 1360 g/mol. The maximum atomic E-state index is 12.4. The molecule has 0 unspecified atom stereocenters. The Balaban J connectivity index is 1.00. The van der Waals surface area contributed by atoms with Crippen LogP contribution in [0.25, 0.3) is 0 Å². The van der Waals surface area contributed by atoms with Crippen LogP contribution in [0.5, 0.6) is 0 Å². The first-order valence-electron chi connectivity index (χ1n) is 31.5. The Morgan fingerprint density at radius 2 is 0.677 bits per heavy atom. The van der Waals surface area contributed by atoms with Crippen LogP contribution >= 0.6 is 0 Å². The van der Waals surface area contributed by atoms with Gasteiger partial charge in [0.25, 0.3) is 0 Å². The van der Waals surface area contributed by atoms with Crippen LogP contribution in [0.2, 0.25) is 0 Å². The molecule has 0 aromatic heterocycles. The average Bonchev–Trinajstić information content (AvgIpc) is 0.779. The van der Waals surface area contributed by atoms with E-state index in [2.05, 4.69) is 0 Å². The van der Waals surface area contributed by atoms with Crippen molar-refractivity contribution in [3.8, 4) is 0 Å². The predicted molar refractivity (Wildman–Crippen MR) is 297 cm³/mol. The SMILES string of the molecule is CC(=O)OC[C@H]1O[C@@H](O[C@H]2[C@@H](OC[C@H]3O[C@@H](O[C@H]4[C@H](O)[C@@H](O)[C@H](O)O[C@@H]4CO)[C@H](O)[C@@H](O)[C@@H]3O[C@@H]3O[C@H](CO[C@H]4OC[C@@H](O)[C@H](O)[C@H]4O)[C@@H](O[C@@H]4O[C@H](CO[C@H]5OC[C@@H](O)[C@H](O)[C@H]5O)[C@@H](O)[C@H](O)[C@H]4O)[C@H](O)[C@H]3O)OC[C@@H](O)[C@@H]2O)[C@H](O[C@@H]2O[C@@H](C)[C@@H](O)[C@@H](O)[C@@H]2O)[C@@H](O)[C@H]1OC(C)=O. The third-order valence-corrected chi connectivity index (χ3v) is 18.0. The van der Waals surface area contributed by atoms with E-state index < -0.39 is 323 Å². The van der Waals surface area contributed by atoms with Gasteiger partial charge in [-0.2, -0.15) is 0 Å². The summed E-state index contributed by atoms with van der Waals surface area (Å²) in [5.41, 5.74) is 0. The van der Waals surface area contributed by atoms with Crippen molar-refractivity contribution in [1.82, 2.24) is 0 Å². The molecule has 0 spiro atoms. The largest absolute Gasteiger partial charge is 0.463 e. The quantitative estimate of drug-likeness (QED) is 0.0422. The smallest absolute Gasteiger partial charge is 0.303 e. The molecule has 0 aromatic rings. The van der Waals surface area contributed by atoms with E-state index in [4.69, 9.17) is 90.0 Å². The fourth-order valence-electron chi connectivity index (χ4n) is 12.2. The Bertz CT molecular complexity index is 2520. The summed E-state index contributed by atoms with van der Waals surface area (Å²) in [6.07, 6.45) is -83.9. The van der Waals surface area contributed by atoms with Crippen LogP contribution in [0.15, 0.2) is 0 Å². The summed E-state index contributed by atoms with van der Waals surface area (Å²) in [5, 5.41) is 252. The number of ether oxygens (including phenoxy) is 19. The highest BCUT2D eigenvalue weighted by Gasteiger charge is 2.59. The highest BCUT2D eigenvalue weighted by atomic mass is 16.8. The van der Waals surface area contributed by atoms with Crippen LogP contribution in [0, 0.1) is 0 Å². The lowest BCUT2D eigenvalue weighted by atomic mass is 9.95. The molecule has 44 nitrogen and oxygen atoms in total. The lowest BCUT2D eigenvalue weighted by molar-refractivity contribution is -0.398. The van der Waals surface area contributed by atoms with Gasteiger partial charge in [0.15, 0.2) is 62.7 Å². The van der Waals surface area contributed by atoms with Gasteiger partial charge in [-0.05, 0) is 6.92 Å². The molecule has 0 aromatic carbocycles. The molecule has 99 heavy (non-hydrogen) atoms. The second-order valence-corrected chi connectivity index (χ2v) is 25.1. The number of rotatable bonds is 23. The summed E-state index contributed by atoms with van der Waals surface area (Å²) in [6.45, 7) is -3.43. The normalized spacial score (nSPS) is 51.7. The first-order valence-corrected chi connectivity index (χ1v) is 31.5. The Morgan fingerprint density at radius 1 is 0.313 bits per heavy atom. The van der Waals surface area contributed by atoms with Crippen LogP contribution in [0.1, 0.15) is 20.8 Å². The molecule has 574 valence electrons. The summed E-state index contributed by atoms with van der Waals surface area (Å²) in [7, 11) is 0. The van der Waals surface area contributed by atoms with Crippen molar-refractivity contribution in [2.75, 3.05) is 52.9 Å². The van der Waals surface area contributed by atoms with Crippen LogP contribution in [-0.2, 0) is 99.6 Å². The van der Waals surface area contributed by atoms with E-state index in [0.29, 0.717) is 0 Å². The molecular formula is C55H90O44. The number of hydrogen-bond acceptors (Lipinski definition) is 44. The van der Waals surface area contributed by atoms with Crippen molar-refractivity contribution in [3.63, 3.8) is 0 Å². The Morgan fingerprint density at radius 3 is 1.17 bits per heavy atom. The molecule has 9 fully saturated rings. The summed E-state index contributed by atoms with van der Waals surface area (Å²) in [6, 6.07) is 0. The number of esters is 2. The van der Waals surface area contributed by atoms with E-state index in [9.17, 15) is 127 Å². The zero-order chi connectivity index (χ0) is 72.5. The molecule has 0 aliphatic carbocycles. The predicted octanol–water partition coefficient (Wildman–Crippen LogP) is -16.5. The average molecular weight is 1460 g/mol. The highest BCUT2D eigenvalue weighted by molar-refractivity contribution is 5.66. The second kappa shape index (κ2) is 34.7. The second-order valence-electron chi connectivity index (χ2n) is 25.1. The van der Waals surface area contributed by atoms with Crippen LogP contribution in [0.4, 0.5) is 0 Å². The Kier molecular flexibility index (Phi) is 28.2. The van der Waals surface area contributed by atoms with Gasteiger partial charge in [0.1, 0.15) is 196 Å². The van der Waals surface area contributed by atoms with Crippen molar-refractivity contribution >= 4 is 11.9 Å². The van der Waals surface area contributed by atoms with Crippen LogP contribution < -0.4 is 0 Å². The highest BCUT2D eigenvalue weighted by Crippen LogP contribution is 2.38. The fourth-order valence-corrected chi connectivity index (χ4v) is 12.2. The Labute approximate surface area is 559 Å². The molecule has 9 rings (SSSR count). The lowest BCUT2D eigenvalue weighted by Gasteiger charge is -2.50. The van der Waals surface area contributed by atoms with Gasteiger partial charge in [0.2, 0.25) is 0 Å². The van der Waals surface area contributed by atoms with Gasteiger partial charge in [-0.1, -0.05) is 0 Å². The standard InChI is InChI=1S/C55H90O44/c1-12-23(62)28(67)36(75)50(88-12)98-46-40(79)44(89-14(3)58)20(9-81-13(2)57)94-55(46)99-45-26(65)17(61)7-84-54(45)87-11-22-43(31(70)38(77)52(93-22)95-41-18(4-56)90-47(80)33(72)30(41)69)97-53-39(78)32(71)42(21(92-53)10-86-49-35(74)25(64)16(60)6-83-49)96-51-37(76)29(68)27(66)19(91-51)8-85-48-34(73)24(63)15(59)5-82-48/h12,15-56,59-80H,4-11H2,1-3H3/t12-,15+,16+,17+,18+,19+,20+,21+,22+,23+,24-,25-,26-,27+,28+,29-,30+,31+,32+,33+,34+,35+,36-,37+,38+,39+,40-,41+,42+,43+,44-,45+,46+,47+,48+,49+,50-,51-,52-,53-,54+,55-/m0/s1. The van der Waals surface area contributed by atoms with Gasteiger partial charge in [0.05, 0.1) is 52.4 Å². The van der Waals surface area contributed by atoms with E-state index in [1.807, 2.05) is 0 Å². The minimum absolute atomic E-state index is 0.520. The summed E-state index contributed by atoms with van der Waals surface area (Å²) >= 11 is 0. The van der Waals surface area contributed by atoms with E-state index >= 15 is 0 Å². The first kappa shape index (κ1) is 80.4. The van der Waals surface area contributed by atoms with Gasteiger partial charge in [-0.25, -0.2) is 0 Å². The molecule has 9 heterocycles. The third-order valence-electron chi connectivity index (χ3n) is 18.0. The van der Waals surface area contributed by atoms with Gasteiger partial charge >= 0.3 is 11.9 Å². The molecule has 44 heteroatoms. The molecule has 23 N–H and O–H groups in total. The number of carbonyl (C=O) groups is 2. The fraction of sp³-hybridized carbons (Fsp3) is 0.964. The number of aliphatic hydroxyl groups is 23. The van der Waals surface area contributed by atoms with Crippen molar-refractivity contribution in [2.45, 2.75) is 279 Å². The summed E-state index contributed by atoms with van der Waals surface area (Å²) < 4.78 is 109. The zero-order valence-electron chi connectivity index (χ0n) is 52.8. The monoisotopic (exact) mass is 1450 g/mol. The topological polar surface area (TPSA) is 675 Å². The van der Waals surface area contributed by atoms with Crippen molar-refractivity contribution in [2.24, 2.45) is 0 Å². The maximum Gasteiger partial charge on any atom is 0.303 e. The molecule has 42 atom stereocenters. The Hall–Kier alpha value is -2.66. The van der Waals surface area contributed by atoms with Crippen molar-refractivity contribution in [1.29, 1.82) is 0 Å². The van der Waals surface area contributed by atoms with E-state index in [0.717, 1.165) is 13.8 Å². The number of carbonyl (C=O) groups excluding carboxylic acids is 2. The van der Waals surface area contributed by atoms with Crippen LogP contribution in [-0.4, -0.2) is 440 Å². The minimum Gasteiger partial charge on any atom is -0.463 e. The molecule has 9 aliphatic heterocycles.